The molecule has 2 aliphatic rings. The second-order valence-corrected chi connectivity index (χ2v) is 9.93. The minimum atomic E-state index is -0.0878. The molecule has 0 unspecified atom stereocenters. The lowest BCUT2D eigenvalue weighted by Gasteiger charge is -2.29. The third-order valence-electron chi connectivity index (χ3n) is 7.30. The molecule has 4 heterocycles. The van der Waals surface area contributed by atoms with E-state index >= 15 is 0 Å². The van der Waals surface area contributed by atoms with Gasteiger partial charge in [-0.3, -0.25) is 9.20 Å². The van der Waals surface area contributed by atoms with Crippen molar-refractivity contribution in [2.24, 2.45) is 5.92 Å². The third-order valence-corrected chi connectivity index (χ3v) is 7.30. The lowest BCUT2D eigenvalue weighted by Crippen LogP contribution is -2.35. The zero-order valence-electron chi connectivity index (χ0n) is 21.4. The number of carbonyl (C=O) groups excluding carboxylic acids is 1. The average Bonchev–Trinajstić information content (AvgIpc) is 3.43. The van der Waals surface area contributed by atoms with Crippen LogP contribution in [0.15, 0.2) is 55.0 Å². The Kier molecular flexibility index (Phi) is 6.18. The quantitative estimate of drug-likeness (QED) is 0.364. The molecule has 1 saturated heterocycles. The SMILES string of the molecule is [C-]#[N+]c1ccc(-c2nc(OC[C@@H]3CCCN(C)C3)c3cncn3c2-c2ccc3c(c2)OCC(=O)N3C)cc1. The van der Waals surface area contributed by atoms with Crippen molar-refractivity contribution >= 4 is 22.8 Å². The molecule has 0 bridgehead atoms. The van der Waals surface area contributed by atoms with Crippen LogP contribution in [0.3, 0.4) is 0 Å². The fraction of sp³-hybridized carbons (Fsp3) is 0.310. The largest absolute Gasteiger partial charge is 0.482 e. The minimum absolute atomic E-state index is 0.000232. The molecule has 1 atom stereocenters. The van der Waals surface area contributed by atoms with Crippen molar-refractivity contribution in [2.45, 2.75) is 12.8 Å². The predicted octanol–water partition coefficient (Wildman–Crippen LogP) is 4.69. The first-order chi connectivity index (χ1) is 18.5. The molecule has 6 rings (SSSR count). The number of ether oxygens (including phenoxy) is 2. The van der Waals surface area contributed by atoms with Crippen LogP contribution in [0.2, 0.25) is 0 Å². The van der Waals surface area contributed by atoms with Gasteiger partial charge in [-0.05, 0) is 44.1 Å². The highest BCUT2D eigenvalue weighted by atomic mass is 16.5. The minimum Gasteiger partial charge on any atom is -0.482 e. The van der Waals surface area contributed by atoms with E-state index in [1.165, 1.54) is 6.42 Å². The van der Waals surface area contributed by atoms with E-state index in [0.717, 1.165) is 47.5 Å². The maximum Gasteiger partial charge on any atom is 0.264 e. The summed E-state index contributed by atoms with van der Waals surface area (Å²) < 4.78 is 14.1. The molecule has 2 aliphatic heterocycles. The number of nitrogens with zero attached hydrogens (tertiary/aromatic N) is 6. The Morgan fingerprint density at radius 3 is 2.76 bits per heavy atom. The van der Waals surface area contributed by atoms with Gasteiger partial charge in [-0.1, -0.05) is 30.3 Å². The number of hydrogen-bond donors (Lipinski definition) is 0. The Morgan fingerprint density at radius 2 is 1.97 bits per heavy atom. The summed E-state index contributed by atoms with van der Waals surface area (Å²) in [6, 6.07) is 13.2. The molecule has 192 valence electrons. The van der Waals surface area contributed by atoms with Gasteiger partial charge in [0.15, 0.2) is 12.3 Å². The molecular formula is C29H28N6O3. The summed E-state index contributed by atoms with van der Waals surface area (Å²) >= 11 is 0. The second-order valence-electron chi connectivity index (χ2n) is 9.93. The van der Waals surface area contributed by atoms with Crippen molar-refractivity contribution in [3.63, 3.8) is 0 Å². The summed E-state index contributed by atoms with van der Waals surface area (Å²) in [6.07, 6.45) is 5.83. The monoisotopic (exact) mass is 508 g/mol. The zero-order chi connectivity index (χ0) is 26.2. The van der Waals surface area contributed by atoms with Crippen molar-refractivity contribution in [1.82, 2.24) is 19.3 Å². The molecule has 4 aromatic rings. The number of carbonyl (C=O) groups is 1. The summed E-state index contributed by atoms with van der Waals surface area (Å²) in [6.45, 7) is 10.0. The zero-order valence-corrected chi connectivity index (χ0v) is 21.4. The fourth-order valence-electron chi connectivity index (χ4n) is 5.27. The Labute approximate surface area is 221 Å². The Balaban J connectivity index is 1.47. The van der Waals surface area contributed by atoms with Gasteiger partial charge in [-0.15, -0.1) is 0 Å². The van der Waals surface area contributed by atoms with Crippen LogP contribution < -0.4 is 14.4 Å². The van der Waals surface area contributed by atoms with Crippen molar-refractivity contribution in [1.29, 1.82) is 0 Å². The maximum absolute atomic E-state index is 12.1. The summed E-state index contributed by atoms with van der Waals surface area (Å²) in [4.78, 5) is 29.1. The second kappa shape index (κ2) is 9.80. The molecule has 1 amide bonds. The van der Waals surface area contributed by atoms with Crippen LogP contribution in [0, 0.1) is 12.5 Å². The van der Waals surface area contributed by atoms with E-state index in [4.69, 9.17) is 21.0 Å². The molecule has 9 nitrogen and oxygen atoms in total. The Hall–Kier alpha value is -4.42. The van der Waals surface area contributed by atoms with Crippen LogP contribution in [0.1, 0.15) is 12.8 Å². The van der Waals surface area contributed by atoms with Crippen LogP contribution in [0.4, 0.5) is 11.4 Å². The number of likely N-dealkylation sites (N-methyl/N-ethyl adjacent to an activating group) is 1. The number of rotatable bonds is 5. The summed E-state index contributed by atoms with van der Waals surface area (Å²) in [7, 11) is 3.90. The number of hydrogen-bond acceptors (Lipinski definition) is 6. The van der Waals surface area contributed by atoms with Crippen LogP contribution in [-0.4, -0.2) is 65.6 Å². The highest BCUT2D eigenvalue weighted by Crippen LogP contribution is 2.40. The number of benzene rings is 2. The van der Waals surface area contributed by atoms with E-state index in [1.54, 1.807) is 36.6 Å². The van der Waals surface area contributed by atoms with Crippen LogP contribution in [0.5, 0.6) is 11.6 Å². The molecule has 38 heavy (non-hydrogen) atoms. The van der Waals surface area contributed by atoms with Crippen molar-refractivity contribution < 1.29 is 14.3 Å². The number of anilines is 1. The van der Waals surface area contributed by atoms with Gasteiger partial charge in [0, 0.05) is 25.1 Å². The van der Waals surface area contributed by atoms with E-state index in [-0.39, 0.29) is 12.5 Å². The predicted molar refractivity (Wildman–Crippen MR) is 145 cm³/mol. The lowest BCUT2D eigenvalue weighted by atomic mass is 10.00. The van der Waals surface area contributed by atoms with Gasteiger partial charge in [0.2, 0.25) is 5.88 Å². The van der Waals surface area contributed by atoms with Crippen LogP contribution in [0.25, 0.3) is 32.9 Å². The Morgan fingerprint density at radius 1 is 1.16 bits per heavy atom. The van der Waals surface area contributed by atoms with Crippen LogP contribution >= 0.6 is 0 Å². The van der Waals surface area contributed by atoms with E-state index in [2.05, 4.69) is 21.8 Å². The molecular weight excluding hydrogens is 480 g/mol. The van der Waals surface area contributed by atoms with Gasteiger partial charge >= 0.3 is 0 Å². The molecule has 0 saturated carbocycles. The number of likely N-dealkylation sites (tertiary alicyclic amines) is 1. The molecule has 1 fully saturated rings. The van der Waals surface area contributed by atoms with E-state index in [1.807, 2.05) is 34.7 Å². The normalized spacial score (nSPS) is 17.7. The summed E-state index contributed by atoms with van der Waals surface area (Å²) in [5, 5.41) is 0. The smallest absolute Gasteiger partial charge is 0.264 e. The molecule has 2 aromatic carbocycles. The van der Waals surface area contributed by atoms with Crippen molar-refractivity contribution in [3.8, 4) is 34.1 Å². The van der Waals surface area contributed by atoms with Gasteiger partial charge < -0.3 is 19.3 Å². The van der Waals surface area contributed by atoms with Crippen LogP contribution in [-0.2, 0) is 4.79 Å². The topological polar surface area (TPSA) is 76.6 Å². The standard InChI is InChI=1S/C29H28N6O3/c1-30-22-9-6-20(7-10-22)27-28(21-8-11-23-25(13-21)37-17-26(36)34(23)3)35-18-31-14-24(35)29(32-27)38-16-19-5-4-12-33(2)15-19/h6-11,13-14,18-19H,4-5,12,15-17H2,2-3H3/t19-/m1/s1. The molecule has 2 aromatic heterocycles. The van der Waals surface area contributed by atoms with Gasteiger partial charge in [-0.25, -0.2) is 14.8 Å². The van der Waals surface area contributed by atoms with E-state index in [0.29, 0.717) is 35.5 Å². The van der Waals surface area contributed by atoms with Gasteiger partial charge in [0.05, 0.1) is 42.8 Å². The van der Waals surface area contributed by atoms with Crippen molar-refractivity contribution in [2.75, 3.05) is 45.3 Å². The molecule has 0 N–H and O–H groups in total. The average molecular weight is 509 g/mol. The number of amides is 1. The highest BCUT2D eigenvalue weighted by Gasteiger charge is 2.25. The maximum atomic E-state index is 12.1. The lowest BCUT2D eigenvalue weighted by molar-refractivity contribution is -0.120. The van der Waals surface area contributed by atoms with Gasteiger partial charge in [0.1, 0.15) is 11.3 Å². The highest BCUT2D eigenvalue weighted by molar-refractivity contribution is 5.98. The molecule has 0 spiro atoms. The number of imidazole rings is 1. The fourth-order valence-corrected chi connectivity index (χ4v) is 5.27. The number of piperidine rings is 1. The van der Waals surface area contributed by atoms with Crippen molar-refractivity contribution in [3.05, 3.63) is 66.4 Å². The first kappa shape index (κ1) is 23.9. The molecule has 9 heteroatoms. The first-order valence-electron chi connectivity index (χ1n) is 12.7. The third kappa shape index (κ3) is 4.33. The van der Waals surface area contributed by atoms with Gasteiger partial charge in [-0.2, -0.15) is 0 Å². The Bertz CT molecular complexity index is 1560. The summed E-state index contributed by atoms with van der Waals surface area (Å²) in [5.41, 5.74) is 5.32. The number of aromatic nitrogens is 3. The van der Waals surface area contributed by atoms with E-state index < -0.39 is 0 Å². The van der Waals surface area contributed by atoms with E-state index in [9.17, 15) is 4.79 Å². The molecule has 0 radical (unpaired) electrons. The first-order valence-corrected chi connectivity index (χ1v) is 12.7. The number of fused-ring (bicyclic) bond motifs is 2. The van der Waals surface area contributed by atoms with Gasteiger partial charge in [0.25, 0.3) is 5.91 Å². The summed E-state index contributed by atoms with van der Waals surface area (Å²) in [5.74, 6) is 1.52. The molecule has 0 aliphatic carbocycles.